The molecule has 1 amide bonds. The summed E-state index contributed by atoms with van der Waals surface area (Å²) >= 11 is 0. The Morgan fingerprint density at radius 2 is 1.64 bits per heavy atom. The molecule has 0 saturated carbocycles. The zero-order chi connectivity index (χ0) is 26.4. The van der Waals surface area contributed by atoms with Crippen molar-refractivity contribution < 1.29 is 14.3 Å². The smallest absolute Gasteiger partial charge is 0.251 e. The highest BCUT2D eigenvalue weighted by molar-refractivity contribution is 5.95. The first-order valence-corrected chi connectivity index (χ1v) is 13.6. The van der Waals surface area contributed by atoms with Gasteiger partial charge in [-0.25, -0.2) is 4.68 Å². The third kappa shape index (κ3) is 5.90. The molecule has 2 aliphatic rings. The predicted molar refractivity (Wildman–Crippen MR) is 153 cm³/mol. The van der Waals surface area contributed by atoms with E-state index in [1.54, 1.807) is 0 Å². The van der Waals surface area contributed by atoms with E-state index in [-0.39, 0.29) is 5.91 Å². The number of anilines is 3. The Kier molecular flexibility index (Phi) is 7.71. The number of ether oxygens (including phenoxy) is 2. The Labute approximate surface area is 228 Å². The summed E-state index contributed by atoms with van der Waals surface area (Å²) in [5, 5.41) is 12.4. The second kappa shape index (κ2) is 11.9. The van der Waals surface area contributed by atoms with Crippen LogP contribution in [-0.2, 0) is 9.47 Å². The fourth-order valence-electron chi connectivity index (χ4n) is 5.14. The SMILES string of the molecule is O=C(NCCN1CCOCC1)c1cccc(-n2ncc3cc(Nc4ccccc4)c(N4CCOCC4)cc32)c1. The molecule has 0 aliphatic carbocycles. The number of carbonyl (C=O) groups excluding carboxylic acids is 1. The maximum Gasteiger partial charge on any atom is 0.251 e. The first-order chi connectivity index (χ1) is 19.2. The quantitative estimate of drug-likeness (QED) is 0.363. The van der Waals surface area contributed by atoms with Gasteiger partial charge in [-0.2, -0.15) is 5.10 Å². The van der Waals surface area contributed by atoms with Crippen LogP contribution in [0.3, 0.4) is 0 Å². The molecule has 202 valence electrons. The number of fused-ring (bicyclic) bond motifs is 1. The van der Waals surface area contributed by atoms with Crippen molar-refractivity contribution in [2.75, 3.05) is 75.9 Å². The van der Waals surface area contributed by atoms with Crippen LogP contribution < -0.4 is 15.5 Å². The van der Waals surface area contributed by atoms with Crippen LogP contribution in [0, 0.1) is 0 Å². The molecule has 9 nitrogen and oxygen atoms in total. The number of benzene rings is 3. The van der Waals surface area contributed by atoms with E-state index in [2.05, 4.69) is 44.7 Å². The van der Waals surface area contributed by atoms with Crippen molar-refractivity contribution in [1.29, 1.82) is 0 Å². The molecule has 6 rings (SSSR count). The van der Waals surface area contributed by atoms with E-state index in [0.717, 1.165) is 79.6 Å². The van der Waals surface area contributed by atoms with Crippen molar-refractivity contribution in [3.63, 3.8) is 0 Å². The number of hydrogen-bond acceptors (Lipinski definition) is 7. The van der Waals surface area contributed by atoms with Crippen molar-refractivity contribution in [3.05, 3.63) is 78.5 Å². The number of rotatable bonds is 8. The first kappa shape index (κ1) is 25.4. The van der Waals surface area contributed by atoms with Crippen LogP contribution in [0.15, 0.2) is 72.9 Å². The molecule has 3 aromatic carbocycles. The maximum absolute atomic E-state index is 12.9. The van der Waals surface area contributed by atoms with E-state index in [9.17, 15) is 4.79 Å². The topological polar surface area (TPSA) is 83.9 Å². The van der Waals surface area contributed by atoms with Crippen molar-refractivity contribution in [1.82, 2.24) is 20.0 Å². The molecule has 39 heavy (non-hydrogen) atoms. The lowest BCUT2D eigenvalue weighted by Crippen LogP contribution is -2.41. The molecular weight excluding hydrogens is 492 g/mol. The lowest BCUT2D eigenvalue weighted by Gasteiger charge is -2.31. The van der Waals surface area contributed by atoms with Crippen molar-refractivity contribution >= 4 is 33.9 Å². The number of para-hydroxylation sites is 1. The zero-order valence-corrected chi connectivity index (χ0v) is 22.0. The zero-order valence-electron chi connectivity index (χ0n) is 22.0. The molecule has 0 bridgehead atoms. The molecule has 1 aromatic heterocycles. The van der Waals surface area contributed by atoms with E-state index >= 15 is 0 Å². The summed E-state index contributed by atoms with van der Waals surface area (Å²) < 4.78 is 12.9. The molecule has 0 unspecified atom stereocenters. The molecule has 0 spiro atoms. The van der Waals surface area contributed by atoms with Gasteiger partial charge < -0.3 is 25.0 Å². The van der Waals surface area contributed by atoms with Gasteiger partial charge in [-0.3, -0.25) is 9.69 Å². The van der Waals surface area contributed by atoms with Crippen molar-refractivity contribution in [2.24, 2.45) is 0 Å². The Balaban J connectivity index is 1.26. The molecule has 2 N–H and O–H groups in total. The lowest BCUT2D eigenvalue weighted by molar-refractivity contribution is 0.0383. The summed E-state index contributed by atoms with van der Waals surface area (Å²) in [7, 11) is 0. The number of nitrogens with zero attached hydrogens (tertiary/aromatic N) is 4. The minimum Gasteiger partial charge on any atom is -0.379 e. The number of nitrogens with one attached hydrogen (secondary N) is 2. The molecule has 0 radical (unpaired) electrons. The van der Waals surface area contributed by atoms with E-state index in [1.165, 1.54) is 0 Å². The molecule has 3 heterocycles. The molecule has 2 fully saturated rings. The highest BCUT2D eigenvalue weighted by Gasteiger charge is 2.19. The molecule has 0 atom stereocenters. The summed E-state index contributed by atoms with van der Waals surface area (Å²) in [4.78, 5) is 17.6. The molecular formula is C30H34N6O3. The number of morpholine rings is 2. The van der Waals surface area contributed by atoms with Gasteiger partial charge in [-0.05, 0) is 42.5 Å². The van der Waals surface area contributed by atoms with Gasteiger partial charge >= 0.3 is 0 Å². The average Bonchev–Trinajstić information content (AvgIpc) is 3.41. The van der Waals surface area contributed by atoms with Crippen LogP contribution in [0.4, 0.5) is 17.1 Å². The van der Waals surface area contributed by atoms with Crippen LogP contribution in [-0.4, -0.2) is 86.3 Å². The molecule has 2 saturated heterocycles. The highest BCUT2D eigenvalue weighted by atomic mass is 16.5. The summed E-state index contributed by atoms with van der Waals surface area (Å²) in [6.07, 6.45) is 1.88. The van der Waals surface area contributed by atoms with Gasteiger partial charge in [0.2, 0.25) is 0 Å². The Morgan fingerprint density at radius 3 is 2.44 bits per heavy atom. The van der Waals surface area contributed by atoms with Crippen molar-refractivity contribution in [3.8, 4) is 5.69 Å². The fourth-order valence-corrected chi connectivity index (χ4v) is 5.14. The number of aromatic nitrogens is 2. The van der Waals surface area contributed by atoms with Gasteiger partial charge in [0.05, 0.1) is 55.2 Å². The Bertz CT molecular complexity index is 1410. The third-order valence-electron chi connectivity index (χ3n) is 7.26. The van der Waals surface area contributed by atoms with Crippen LogP contribution in [0.25, 0.3) is 16.6 Å². The summed E-state index contributed by atoms with van der Waals surface area (Å²) in [5.41, 5.74) is 5.62. The van der Waals surface area contributed by atoms with Crippen molar-refractivity contribution in [2.45, 2.75) is 0 Å². The summed E-state index contributed by atoms with van der Waals surface area (Å²) in [6.45, 7) is 7.80. The van der Waals surface area contributed by atoms with Gasteiger partial charge in [0, 0.05) is 55.9 Å². The van der Waals surface area contributed by atoms with Crippen LogP contribution in [0.5, 0.6) is 0 Å². The average molecular weight is 527 g/mol. The Hall–Kier alpha value is -3.92. The van der Waals surface area contributed by atoms with Gasteiger partial charge in [0.25, 0.3) is 5.91 Å². The highest BCUT2D eigenvalue weighted by Crippen LogP contribution is 2.35. The number of hydrogen-bond donors (Lipinski definition) is 2. The van der Waals surface area contributed by atoms with E-state index in [1.807, 2.05) is 53.3 Å². The lowest BCUT2D eigenvalue weighted by atomic mass is 10.1. The van der Waals surface area contributed by atoms with Crippen LogP contribution in [0.1, 0.15) is 10.4 Å². The number of carbonyl (C=O) groups is 1. The van der Waals surface area contributed by atoms with E-state index in [4.69, 9.17) is 14.6 Å². The van der Waals surface area contributed by atoms with Gasteiger partial charge in [-0.1, -0.05) is 24.3 Å². The van der Waals surface area contributed by atoms with E-state index < -0.39 is 0 Å². The molecule has 4 aromatic rings. The predicted octanol–water partition coefficient (Wildman–Crippen LogP) is 3.67. The van der Waals surface area contributed by atoms with E-state index in [0.29, 0.717) is 25.3 Å². The molecule has 9 heteroatoms. The van der Waals surface area contributed by atoms with Gasteiger partial charge in [-0.15, -0.1) is 0 Å². The Morgan fingerprint density at radius 1 is 0.872 bits per heavy atom. The normalized spacial score (nSPS) is 16.4. The second-order valence-corrected chi connectivity index (χ2v) is 9.84. The molecule has 2 aliphatic heterocycles. The standard InChI is InChI=1S/C30H34N6O3/c37-30(31-9-10-34-11-15-38-16-12-34)23-5-4-8-26(19-23)36-28-21-29(35-13-17-39-18-14-35)27(20-24(28)22-32-36)33-25-6-2-1-3-7-25/h1-8,19-22,33H,9-18H2,(H,31,37). The van der Waals surface area contributed by atoms with Gasteiger partial charge in [0.1, 0.15) is 0 Å². The monoisotopic (exact) mass is 526 g/mol. The fraction of sp³-hybridized carbons (Fsp3) is 0.333. The van der Waals surface area contributed by atoms with Gasteiger partial charge in [0.15, 0.2) is 0 Å². The minimum atomic E-state index is -0.0788. The minimum absolute atomic E-state index is 0.0788. The summed E-state index contributed by atoms with van der Waals surface area (Å²) in [5.74, 6) is -0.0788. The largest absolute Gasteiger partial charge is 0.379 e. The second-order valence-electron chi connectivity index (χ2n) is 9.84. The number of amides is 1. The maximum atomic E-state index is 12.9. The summed E-state index contributed by atoms with van der Waals surface area (Å²) in [6, 6.07) is 22.2. The van der Waals surface area contributed by atoms with Crippen LogP contribution in [0.2, 0.25) is 0 Å². The third-order valence-corrected chi connectivity index (χ3v) is 7.26. The van der Waals surface area contributed by atoms with Crippen LogP contribution >= 0.6 is 0 Å². The first-order valence-electron chi connectivity index (χ1n) is 13.6.